The van der Waals surface area contributed by atoms with Gasteiger partial charge in [0.05, 0.1) is 30.2 Å². The Kier molecular flexibility index (Phi) is 4.04. The summed E-state index contributed by atoms with van der Waals surface area (Å²) in [5.41, 5.74) is 11.4. The van der Waals surface area contributed by atoms with Gasteiger partial charge in [-0.15, -0.1) is 0 Å². The number of pyridine rings is 2. The highest BCUT2D eigenvalue weighted by atomic mass is 19.1. The molecule has 26 heavy (non-hydrogen) atoms. The molecule has 0 radical (unpaired) electrons. The number of H-pyrrole nitrogens is 1. The molecule has 0 aliphatic carbocycles. The highest BCUT2D eigenvalue weighted by Gasteiger charge is 2.23. The van der Waals surface area contributed by atoms with E-state index in [2.05, 4.69) is 24.9 Å². The zero-order valence-electron chi connectivity index (χ0n) is 14.2. The first-order valence-corrected chi connectivity index (χ1v) is 8.21. The van der Waals surface area contributed by atoms with Crippen LogP contribution in [-0.4, -0.2) is 26.4 Å². The van der Waals surface area contributed by atoms with Gasteiger partial charge in [-0.2, -0.15) is 0 Å². The van der Waals surface area contributed by atoms with Crippen LogP contribution in [0.4, 0.5) is 10.2 Å². The smallest absolute Gasteiger partial charge is 0.146 e. The molecule has 1 aliphatic rings. The SMILES string of the molecule is Cc1cc2c([nH]1)CN=C(c1ccnc(N)c1)C2=NCc1ncccc1F. The lowest BCUT2D eigenvalue weighted by molar-refractivity contribution is 0.600. The van der Waals surface area contributed by atoms with Crippen molar-refractivity contribution in [2.45, 2.75) is 20.0 Å². The van der Waals surface area contributed by atoms with Crippen molar-refractivity contribution >= 4 is 17.2 Å². The summed E-state index contributed by atoms with van der Waals surface area (Å²) in [6.45, 7) is 2.64. The molecule has 0 amide bonds. The number of fused-ring (bicyclic) bond motifs is 1. The van der Waals surface area contributed by atoms with Gasteiger partial charge >= 0.3 is 0 Å². The Hall–Kier alpha value is -3.35. The molecule has 0 fully saturated rings. The predicted octanol–water partition coefficient (Wildman–Crippen LogP) is 2.83. The number of nitrogens with zero attached hydrogens (tertiary/aromatic N) is 4. The topological polar surface area (TPSA) is 92.3 Å². The van der Waals surface area contributed by atoms with E-state index >= 15 is 0 Å². The minimum atomic E-state index is -0.371. The number of hydrogen-bond donors (Lipinski definition) is 2. The van der Waals surface area contributed by atoms with E-state index in [1.54, 1.807) is 24.5 Å². The molecule has 3 aromatic heterocycles. The second-order valence-electron chi connectivity index (χ2n) is 6.08. The Morgan fingerprint density at radius 1 is 1.23 bits per heavy atom. The van der Waals surface area contributed by atoms with Crippen molar-refractivity contribution in [3.8, 4) is 0 Å². The van der Waals surface area contributed by atoms with E-state index in [-0.39, 0.29) is 12.4 Å². The molecule has 130 valence electrons. The fourth-order valence-electron chi connectivity index (χ4n) is 3.01. The summed E-state index contributed by atoms with van der Waals surface area (Å²) in [6.07, 6.45) is 3.20. The Morgan fingerprint density at radius 3 is 2.92 bits per heavy atom. The highest BCUT2D eigenvalue weighted by Crippen LogP contribution is 2.22. The van der Waals surface area contributed by atoms with Crippen LogP contribution in [0.1, 0.15) is 28.2 Å². The van der Waals surface area contributed by atoms with E-state index < -0.39 is 0 Å². The van der Waals surface area contributed by atoms with Crippen LogP contribution in [-0.2, 0) is 13.1 Å². The normalized spacial score (nSPS) is 15.0. The van der Waals surface area contributed by atoms with Gasteiger partial charge in [0.15, 0.2) is 0 Å². The first kappa shape index (κ1) is 16.1. The van der Waals surface area contributed by atoms with Crippen molar-refractivity contribution in [1.82, 2.24) is 15.0 Å². The second kappa shape index (κ2) is 6.51. The molecule has 0 bridgehead atoms. The molecule has 0 unspecified atom stereocenters. The quantitative estimate of drug-likeness (QED) is 0.762. The number of anilines is 1. The van der Waals surface area contributed by atoms with Crippen molar-refractivity contribution < 1.29 is 4.39 Å². The lowest BCUT2D eigenvalue weighted by atomic mass is 9.97. The molecule has 3 aromatic rings. The van der Waals surface area contributed by atoms with Gasteiger partial charge in [0.25, 0.3) is 0 Å². The van der Waals surface area contributed by atoms with Gasteiger partial charge < -0.3 is 10.7 Å². The van der Waals surface area contributed by atoms with E-state index in [0.29, 0.717) is 23.8 Å². The number of nitrogens with one attached hydrogen (secondary N) is 1. The van der Waals surface area contributed by atoms with Crippen LogP contribution < -0.4 is 5.73 Å². The molecule has 4 rings (SSSR count). The first-order chi connectivity index (χ1) is 12.6. The standard InChI is InChI=1S/C19H17FN6/c1-11-7-13-15(26-11)9-24-18(12-4-6-23-17(21)8-12)19(13)25-10-16-14(20)3-2-5-22-16/h2-8,26H,9-10H2,1H3,(H2,21,23). The van der Waals surface area contributed by atoms with Crippen LogP contribution in [0.15, 0.2) is 52.7 Å². The predicted molar refractivity (Wildman–Crippen MR) is 98.9 cm³/mol. The van der Waals surface area contributed by atoms with Crippen molar-refractivity contribution in [2.24, 2.45) is 9.98 Å². The van der Waals surface area contributed by atoms with Gasteiger partial charge in [-0.3, -0.25) is 15.0 Å². The monoisotopic (exact) mass is 348 g/mol. The van der Waals surface area contributed by atoms with Crippen molar-refractivity contribution in [1.29, 1.82) is 0 Å². The Labute approximate surface area is 149 Å². The van der Waals surface area contributed by atoms with Crippen LogP contribution >= 0.6 is 0 Å². The van der Waals surface area contributed by atoms with Gasteiger partial charge in [-0.25, -0.2) is 9.37 Å². The van der Waals surface area contributed by atoms with Gasteiger partial charge in [0.1, 0.15) is 11.6 Å². The molecule has 7 heteroatoms. The van der Waals surface area contributed by atoms with Gasteiger partial charge in [0.2, 0.25) is 0 Å². The molecule has 0 saturated carbocycles. The second-order valence-corrected chi connectivity index (χ2v) is 6.08. The molecule has 6 nitrogen and oxygen atoms in total. The zero-order chi connectivity index (χ0) is 18.1. The summed E-state index contributed by atoms with van der Waals surface area (Å²) in [7, 11) is 0. The summed E-state index contributed by atoms with van der Waals surface area (Å²) in [5.74, 6) is 0.0427. The van der Waals surface area contributed by atoms with Crippen LogP contribution in [0.5, 0.6) is 0 Å². The van der Waals surface area contributed by atoms with Crippen molar-refractivity contribution in [2.75, 3.05) is 5.73 Å². The number of halogens is 1. The minimum Gasteiger partial charge on any atom is -0.384 e. The van der Waals surface area contributed by atoms with E-state index in [1.807, 2.05) is 19.1 Å². The number of rotatable bonds is 3. The maximum atomic E-state index is 13.9. The molecule has 0 aromatic carbocycles. The molecular weight excluding hydrogens is 331 g/mol. The summed E-state index contributed by atoms with van der Waals surface area (Å²) in [6, 6.07) is 8.58. The molecule has 3 N–H and O–H groups in total. The Morgan fingerprint density at radius 2 is 2.12 bits per heavy atom. The lowest BCUT2D eigenvalue weighted by Crippen LogP contribution is -2.23. The van der Waals surface area contributed by atoms with Crippen LogP contribution in [0.3, 0.4) is 0 Å². The number of nitrogens with two attached hydrogens (primary N) is 1. The molecule has 0 atom stereocenters. The number of hydrogen-bond acceptors (Lipinski definition) is 5. The molecular formula is C19H17FN6. The van der Waals surface area contributed by atoms with E-state index in [4.69, 9.17) is 5.73 Å². The fourth-order valence-corrected chi connectivity index (χ4v) is 3.01. The largest absolute Gasteiger partial charge is 0.384 e. The van der Waals surface area contributed by atoms with Crippen LogP contribution in [0.2, 0.25) is 0 Å². The van der Waals surface area contributed by atoms with E-state index in [0.717, 1.165) is 28.2 Å². The van der Waals surface area contributed by atoms with Gasteiger partial charge in [0, 0.05) is 34.9 Å². The van der Waals surface area contributed by atoms with E-state index in [9.17, 15) is 4.39 Å². The minimum absolute atomic E-state index is 0.130. The third-order valence-corrected chi connectivity index (χ3v) is 4.18. The molecule has 4 heterocycles. The van der Waals surface area contributed by atoms with E-state index in [1.165, 1.54) is 6.07 Å². The number of aromatic nitrogens is 3. The zero-order valence-corrected chi connectivity index (χ0v) is 14.2. The summed E-state index contributed by atoms with van der Waals surface area (Å²) >= 11 is 0. The fraction of sp³-hybridized carbons (Fsp3) is 0.158. The number of aromatic amines is 1. The average molecular weight is 348 g/mol. The summed E-state index contributed by atoms with van der Waals surface area (Å²) < 4.78 is 13.9. The maximum Gasteiger partial charge on any atom is 0.146 e. The molecule has 1 aliphatic heterocycles. The third kappa shape index (κ3) is 2.99. The number of nitrogen functional groups attached to an aromatic ring is 1. The average Bonchev–Trinajstić information content (AvgIpc) is 3.01. The molecule has 0 saturated heterocycles. The van der Waals surface area contributed by atoms with Crippen LogP contribution in [0, 0.1) is 12.7 Å². The van der Waals surface area contributed by atoms with Crippen molar-refractivity contribution in [3.05, 3.63) is 76.8 Å². The number of aliphatic imine (C=N–C) groups is 2. The molecule has 0 spiro atoms. The summed E-state index contributed by atoms with van der Waals surface area (Å²) in [5, 5.41) is 0. The lowest BCUT2D eigenvalue weighted by Gasteiger charge is -2.16. The van der Waals surface area contributed by atoms with Crippen LogP contribution in [0.25, 0.3) is 0 Å². The first-order valence-electron chi connectivity index (χ1n) is 8.21. The van der Waals surface area contributed by atoms with Gasteiger partial charge in [-0.05, 0) is 37.3 Å². The number of aryl methyl sites for hydroxylation is 1. The maximum absolute atomic E-state index is 13.9. The highest BCUT2D eigenvalue weighted by molar-refractivity contribution is 6.54. The van der Waals surface area contributed by atoms with Crippen molar-refractivity contribution in [3.63, 3.8) is 0 Å². The van der Waals surface area contributed by atoms with Gasteiger partial charge in [-0.1, -0.05) is 0 Å². The summed E-state index contributed by atoms with van der Waals surface area (Å²) in [4.78, 5) is 20.7. The third-order valence-electron chi connectivity index (χ3n) is 4.18. The Bertz CT molecular complexity index is 1030. The Balaban J connectivity index is 1.79.